The minimum absolute atomic E-state index is 0.241. The van der Waals surface area contributed by atoms with Gasteiger partial charge in [-0.3, -0.25) is 4.79 Å². The molecule has 0 heterocycles. The van der Waals surface area contributed by atoms with Crippen LogP contribution in [0.4, 0.5) is 0 Å². The zero-order valence-corrected chi connectivity index (χ0v) is 12.4. The molecule has 1 aliphatic rings. The van der Waals surface area contributed by atoms with Gasteiger partial charge in [-0.25, -0.2) is 0 Å². The van der Waals surface area contributed by atoms with E-state index in [-0.39, 0.29) is 24.1 Å². The third-order valence-corrected chi connectivity index (χ3v) is 3.55. The Morgan fingerprint density at radius 3 is 2.63 bits per heavy atom. The molecule has 0 spiro atoms. The fourth-order valence-electron chi connectivity index (χ4n) is 2.53. The van der Waals surface area contributed by atoms with Crippen molar-refractivity contribution in [3.05, 3.63) is 0 Å². The van der Waals surface area contributed by atoms with Crippen LogP contribution >= 0.6 is 0 Å². The maximum Gasteiger partial charge on any atom is 0.234 e. The standard InChI is InChI=1S/C14H28N2O3/c1-10(2)16-13(14(15)17)7-8-19-12-6-4-5-11(9-12)18-3/h10-13,16H,4-9H2,1-3H3,(H2,15,17). The van der Waals surface area contributed by atoms with Crippen molar-refractivity contribution in [1.82, 2.24) is 5.32 Å². The Morgan fingerprint density at radius 2 is 2.05 bits per heavy atom. The van der Waals surface area contributed by atoms with Gasteiger partial charge in [-0.1, -0.05) is 13.8 Å². The highest BCUT2D eigenvalue weighted by atomic mass is 16.5. The Hall–Kier alpha value is -0.650. The van der Waals surface area contributed by atoms with Crippen LogP contribution in [0.3, 0.4) is 0 Å². The molecule has 3 atom stereocenters. The van der Waals surface area contributed by atoms with Crippen molar-refractivity contribution in [3.63, 3.8) is 0 Å². The fourth-order valence-corrected chi connectivity index (χ4v) is 2.53. The Balaban J connectivity index is 2.25. The zero-order chi connectivity index (χ0) is 14.3. The van der Waals surface area contributed by atoms with Crippen LogP contribution in [0.2, 0.25) is 0 Å². The smallest absolute Gasteiger partial charge is 0.234 e. The molecular formula is C14H28N2O3. The zero-order valence-electron chi connectivity index (χ0n) is 12.4. The second-order valence-corrected chi connectivity index (χ2v) is 5.58. The van der Waals surface area contributed by atoms with Crippen molar-refractivity contribution >= 4 is 5.91 Å². The highest BCUT2D eigenvalue weighted by Gasteiger charge is 2.23. The number of methoxy groups -OCH3 is 1. The SMILES string of the molecule is COC1CCCC(OCCC(NC(C)C)C(N)=O)C1. The number of carbonyl (C=O) groups is 1. The van der Waals surface area contributed by atoms with E-state index < -0.39 is 0 Å². The van der Waals surface area contributed by atoms with Crippen LogP contribution in [0.15, 0.2) is 0 Å². The molecule has 0 saturated heterocycles. The molecule has 3 unspecified atom stereocenters. The number of primary amides is 1. The predicted molar refractivity (Wildman–Crippen MR) is 74.9 cm³/mol. The van der Waals surface area contributed by atoms with Gasteiger partial charge >= 0.3 is 0 Å². The van der Waals surface area contributed by atoms with Crippen LogP contribution in [-0.4, -0.2) is 43.9 Å². The van der Waals surface area contributed by atoms with E-state index in [0.717, 1.165) is 25.7 Å². The van der Waals surface area contributed by atoms with Crippen LogP contribution in [0.5, 0.6) is 0 Å². The summed E-state index contributed by atoms with van der Waals surface area (Å²) in [6, 6.07) is -0.0631. The second kappa shape index (κ2) is 8.51. The molecule has 0 radical (unpaired) electrons. The van der Waals surface area contributed by atoms with Crippen LogP contribution in [0.25, 0.3) is 0 Å². The summed E-state index contributed by atoms with van der Waals surface area (Å²) in [5.41, 5.74) is 5.37. The lowest BCUT2D eigenvalue weighted by Crippen LogP contribution is -2.45. The van der Waals surface area contributed by atoms with Gasteiger partial charge in [0.1, 0.15) is 0 Å². The third-order valence-electron chi connectivity index (χ3n) is 3.55. The molecule has 112 valence electrons. The number of hydrogen-bond donors (Lipinski definition) is 2. The van der Waals surface area contributed by atoms with E-state index in [1.165, 1.54) is 0 Å². The summed E-state index contributed by atoms with van der Waals surface area (Å²) in [4.78, 5) is 11.3. The van der Waals surface area contributed by atoms with Crippen LogP contribution in [0.1, 0.15) is 46.0 Å². The molecule has 5 heteroatoms. The van der Waals surface area contributed by atoms with Crippen LogP contribution in [-0.2, 0) is 14.3 Å². The topological polar surface area (TPSA) is 73.6 Å². The van der Waals surface area contributed by atoms with Crippen LogP contribution in [0, 0.1) is 0 Å². The first-order valence-electron chi connectivity index (χ1n) is 7.22. The van der Waals surface area contributed by atoms with Gasteiger partial charge in [0.05, 0.1) is 18.2 Å². The highest BCUT2D eigenvalue weighted by Crippen LogP contribution is 2.23. The van der Waals surface area contributed by atoms with E-state index in [9.17, 15) is 4.79 Å². The number of carbonyl (C=O) groups excluding carboxylic acids is 1. The van der Waals surface area contributed by atoms with Gasteiger partial charge in [-0.05, 0) is 32.1 Å². The molecule has 0 aliphatic heterocycles. The first-order valence-corrected chi connectivity index (χ1v) is 7.22. The Kier molecular flexibility index (Phi) is 7.34. The van der Waals surface area contributed by atoms with Crippen molar-refractivity contribution in [2.45, 2.75) is 70.2 Å². The maximum absolute atomic E-state index is 11.3. The average molecular weight is 272 g/mol. The van der Waals surface area contributed by atoms with E-state index >= 15 is 0 Å². The molecular weight excluding hydrogens is 244 g/mol. The molecule has 1 aliphatic carbocycles. The largest absolute Gasteiger partial charge is 0.381 e. The van der Waals surface area contributed by atoms with E-state index in [0.29, 0.717) is 19.1 Å². The van der Waals surface area contributed by atoms with E-state index in [4.69, 9.17) is 15.2 Å². The van der Waals surface area contributed by atoms with E-state index in [2.05, 4.69) is 5.32 Å². The van der Waals surface area contributed by atoms with Gasteiger partial charge in [0.25, 0.3) is 0 Å². The van der Waals surface area contributed by atoms with Gasteiger partial charge in [-0.15, -0.1) is 0 Å². The lowest BCUT2D eigenvalue weighted by atomic mass is 9.95. The first kappa shape index (κ1) is 16.4. The molecule has 1 fully saturated rings. The summed E-state index contributed by atoms with van der Waals surface area (Å²) in [5, 5.41) is 3.16. The monoisotopic (exact) mass is 272 g/mol. The molecule has 0 aromatic carbocycles. The lowest BCUT2D eigenvalue weighted by Gasteiger charge is -2.28. The van der Waals surface area contributed by atoms with Crippen molar-refractivity contribution < 1.29 is 14.3 Å². The minimum Gasteiger partial charge on any atom is -0.381 e. The molecule has 1 rings (SSSR count). The Morgan fingerprint density at radius 1 is 1.37 bits per heavy atom. The average Bonchev–Trinajstić information content (AvgIpc) is 2.37. The van der Waals surface area contributed by atoms with Crippen molar-refractivity contribution in [2.75, 3.05) is 13.7 Å². The Labute approximate surface area is 116 Å². The quantitative estimate of drug-likeness (QED) is 0.696. The van der Waals surface area contributed by atoms with Gasteiger partial charge in [0, 0.05) is 19.8 Å². The van der Waals surface area contributed by atoms with E-state index in [1.54, 1.807) is 7.11 Å². The molecule has 3 N–H and O–H groups in total. The number of nitrogens with two attached hydrogens (primary N) is 1. The molecule has 0 aromatic heterocycles. The number of rotatable bonds is 8. The molecule has 1 amide bonds. The highest BCUT2D eigenvalue weighted by molar-refractivity contribution is 5.79. The number of hydrogen-bond acceptors (Lipinski definition) is 4. The lowest BCUT2D eigenvalue weighted by molar-refractivity contribution is -0.121. The number of ether oxygens (including phenoxy) is 2. The molecule has 0 bridgehead atoms. The predicted octanol–water partition coefficient (Wildman–Crippen LogP) is 1.20. The van der Waals surface area contributed by atoms with Crippen molar-refractivity contribution in [2.24, 2.45) is 5.73 Å². The van der Waals surface area contributed by atoms with Gasteiger partial charge in [0.2, 0.25) is 5.91 Å². The summed E-state index contributed by atoms with van der Waals surface area (Å²) < 4.78 is 11.2. The van der Waals surface area contributed by atoms with Crippen molar-refractivity contribution in [3.8, 4) is 0 Å². The number of amides is 1. The second-order valence-electron chi connectivity index (χ2n) is 5.58. The first-order chi connectivity index (χ1) is 9.02. The summed E-state index contributed by atoms with van der Waals surface area (Å²) in [6.45, 7) is 4.57. The summed E-state index contributed by atoms with van der Waals surface area (Å²) >= 11 is 0. The summed E-state index contributed by atoms with van der Waals surface area (Å²) in [5.74, 6) is -0.310. The molecule has 1 saturated carbocycles. The molecule has 0 aromatic rings. The van der Waals surface area contributed by atoms with Gasteiger partial charge in [0.15, 0.2) is 0 Å². The Bertz CT molecular complexity index is 271. The number of nitrogens with one attached hydrogen (secondary N) is 1. The maximum atomic E-state index is 11.3. The fraction of sp³-hybridized carbons (Fsp3) is 0.929. The van der Waals surface area contributed by atoms with Gasteiger partial charge in [-0.2, -0.15) is 0 Å². The summed E-state index contributed by atoms with van der Waals surface area (Å²) in [7, 11) is 1.75. The molecule has 5 nitrogen and oxygen atoms in total. The normalized spacial score (nSPS) is 25.5. The van der Waals surface area contributed by atoms with Crippen molar-refractivity contribution in [1.29, 1.82) is 0 Å². The molecule has 19 heavy (non-hydrogen) atoms. The summed E-state index contributed by atoms with van der Waals surface area (Å²) in [6.07, 6.45) is 5.50. The van der Waals surface area contributed by atoms with Crippen LogP contribution < -0.4 is 11.1 Å². The third kappa shape index (κ3) is 6.36. The minimum atomic E-state index is -0.310. The van der Waals surface area contributed by atoms with E-state index in [1.807, 2.05) is 13.8 Å². The van der Waals surface area contributed by atoms with Gasteiger partial charge < -0.3 is 20.5 Å².